The molecule has 4 rings (SSSR count). The van der Waals surface area contributed by atoms with E-state index in [2.05, 4.69) is 31.2 Å². The number of methoxy groups -OCH3 is 1. The first-order valence-electron chi connectivity index (χ1n) is 9.42. The maximum atomic E-state index is 13.6. The molecule has 0 amide bonds. The molecule has 1 aliphatic rings. The molecule has 0 fully saturated rings. The van der Waals surface area contributed by atoms with Crippen LogP contribution in [-0.2, 0) is 6.42 Å². The Morgan fingerprint density at radius 3 is 2.67 bits per heavy atom. The SMILES string of the molecule is CCc1cc2cccc(-c3cccc(OC)c3)c2c(=O)n1C1=CCCC=C1. The Kier molecular flexibility index (Phi) is 4.68. The summed E-state index contributed by atoms with van der Waals surface area (Å²) in [6, 6.07) is 16.1. The standard InChI is InChI=1S/C24H23NO2/c1-3-19-15-18-10-8-14-22(17-9-7-13-21(16-17)27-2)23(18)24(26)25(19)20-11-5-4-6-12-20/h5,7-16H,3-4,6H2,1-2H3. The lowest BCUT2D eigenvalue weighted by Crippen LogP contribution is -2.23. The van der Waals surface area contributed by atoms with E-state index in [1.165, 1.54) is 0 Å². The molecule has 0 saturated heterocycles. The van der Waals surface area contributed by atoms with Crippen LogP contribution in [0.4, 0.5) is 0 Å². The van der Waals surface area contributed by atoms with Crippen LogP contribution in [0.25, 0.3) is 27.6 Å². The minimum atomic E-state index is 0.0422. The highest BCUT2D eigenvalue weighted by Gasteiger charge is 2.15. The zero-order chi connectivity index (χ0) is 18.8. The molecule has 0 bridgehead atoms. The fraction of sp³-hybridized carbons (Fsp3) is 0.208. The van der Waals surface area contributed by atoms with Crippen LogP contribution in [0.3, 0.4) is 0 Å². The number of aryl methyl sites for hydroxylation is 1. The first kappa shape index (κ1) is 17.3. The molecule has 2 aromatic carbocycles. The van der Waals surface area contributed by atoms with Gasteiger partial charge in [0.1, 0.15) is 5.75 Å². The van der Waals surface area contributed by atoms with Gasteiger partial charge in [0.25, 0.3) is 5.56 Å². The predicted octanol–water partition coefficient (Wildman–Crippen LogP) is 5.43. The van der Waals surface area contributed by atoms with E-state index in [4.69, 9.17) is 4.74 Å². The van der Waals surface area contributed by atoms with Crippen LogP contribution < -0.4 is 10.3 Å². The summed E-state index contributed by atoms with van der Waals surface area (Å²) >= 11 is 0. The Hall–Kier alpha value is -3.07. The fourth-order valence-corrected chi connectivity index (χ4v) is 3.76. The first-order valence-corrected chi connectivity index (χ1v) is 9.42. The smallest absolute Gasteiger partial charge is 0.263 e. The summed E-state index contributed by atoms with van der Waals surface area (Å²) < 4.78 is 7.25. The molecule has 0 radical (unpaired) electrons. The quantitative estimate of drug-likeness (QED) is 0.623. The Bertz CT molecular complexity index is 1120. The molecule has 0 unspecified atom stereocenters. The lowest BCUT2D eigenvalue weighted by molar-refractivity contribution is 0.415. The molecule has 3 nitrogen and oxygen atoms in total. The molecule has 1 aromatic heterocycles. The lowest BCUT2D eigenvalue weighted by Gasteiger charge is -2.18. The Morgan fingerprint density at radius 1 is 1.07 bits per heavy atom. The largest absolute Gasteiger partial charge is 0.497 e. The summed E-state index contributed by atoms with van der Waals surface area (Å²) in [5, 5.41) is 1.73. The molecular weight excluding hydrogens is 334 g/mol. The van der Waals surface area contributed by atoms with Crippen LogP contribution in [0.1, 0.15) is 25.5 Å². The average Bonchev–Trinajstić information content (AvgIpc) is 2.73. The van der Waals surface area contributed by atoms with Gasteiger partial charge in [0.2, 0.25) is 0 Å². The molecule has 136 valence electrons. The van der Waals surface area contributed by atoms with Crippen molar-refractivity contribution >= 4 is 16.5 Å². The fourth-order valence-electron chi connectivity index (χ4n) is 3.76. The van der Waals surface area contributed by atoms with E-state index < -0.39 is 0 Å². The van der Waals surface area contributed by atoms with Crippen molar-refractivity contribution in [2.24, 2.45) is 0 Å². The third-order valence-electron chi connectivity index (χ3n) is 5.10. The van der Waals surface area contributed by atoms with Crippen LogP contribution in [0.15, 0.2) is 71.6 Å². The van der Waals surface area contributed by atoms with Crippen LogP contribution in [0.5, 0.6) is 5.75 Å². The van der Waals surface area contributed by atoms with Crippen LogP contribution in [-0.4, -0.2) is 11.7 Å². The molecule has 3 aromatic rings. The number of fused-ring (bicyclic) bond motifs is 1. The van der Waals surface area contributed by atoms with Gasteiger partial charge in [0, 0.05) is 11.4 Å². The van der Waals surface area contributed by atoms with E-state index in [0.717, 1.165) is 58.3 Å². The minimum absolute atomic E-state index is 0.0422. The number of nitrogens with zero attached hydrogens (tertiary/aromatic N) is 1. The predicted molar refractivity (Wildman–Crippen MR) is 112 cm³/mol. The maximum absolute atomic E-state index is 13.6. The van der Waals surface area contributed by atoms with Gasteiger partial charge in [-0.1, -0.05) is 49.4 Å². The highest BCUT2D eigenvalue weighted by atomic mass is 16.5. The van der Waals surface area contributed by atoms with Gasteiger partial charge >= 0.3 is 0 Å². The van der Waals surface area contributed by atoms with E-state index >= 15 is 0 Å². The Labute approximate surface area is 159 Å². The second-order valence-electron chi connectivity index (χ2n) is 6.74. The van der Waals surface area contributed by atoms with E-state index in [9.17, 15) is 4.79 Å². The van der Waals surface area contributed by atoms with Crippen LogP contribution in [0, 0.1) is 0 Å². The number of aromatic nitrogens is 1. The van der Waals surface area contributed by atoms with Gasteiger partial charge in [-0.2, -0.15) is 0 Å². The molecule has 1 heterocycles. The third-order valence-corrected chi connectivity index (χ3v) is 5.10. The van der Waals surface area contributed by atoms with Crippen LogP contribution >= 0.6 is 0 Å². The maximum Gasteiger partial charge on any atom is 0.263 e. The van der Waals surface area contributed by atoms with Gasteiger partial charge < -0.3 is 4.74 Å². The summed E-state index contributed by atoms with van der Waals surface area (Å²) in [5.74, 6) is 0.785. The summed E-state index contributed by atoms with van der Waals surface area (Å²) in [6.45, 7) is 2.09. The molecule has 0 spiro atoms. The molecule has 0 atom stereocenters. The van der Waals surface area contributed by atoms with Crippen molar-refractivity contribution in [1.29, 1.82) is 0 Å². The molecule has 3 heteroatoms. The number of ether oxygens (including phenoxy) is 1. The topological polar surface area (TPSA) is 31.2 Å². The Balaban J connectivity index is 2.04. The third kappa shape index (κ3) is 3.10. The van der Waals surface area contributed by atoms with E-state index in [1.807, 2.05) is 47.0 Å². The van der Waals surface area contributed by atoms with Crippen molar-refractivity contribution in [2.45, 2.75) is 26.2 Å². The van der Waals surface area contributed by atoms with E-state index in [0.29, 0.717) is 0 Å². The van der Waals surface area contributed by atoms with Gasteiger partial charge in [0.15, 0.2) is 0 Å². The molecule has 0 saturated carbocycles. The van der Waals surface area contributed by atoms with Crippen molar-refractivity contribution in [1.82, 2.24) is 4.57 Å². The van der Waals surface area contributed by atoms with Crippen molar-refractivity contribution < 1.29 is 4.74 Å². The van der Waals surface area contributed by atoms with Gasteiger partial charge in [-0.05, 0) is 60.1 Å². The number of pyridine rings is 1. The van der Waals surface area contributed by atoms with Crippen molar-refractivity contribution in [3.63, 3.8) is 0 Å². The number of rotatable bonds is 4. The van der Waals surface area contributed by atoms with Gasteiger partial charge in [-0.15, -0.1) is 0 Å². The summed E-state index contributed by atoms with van der Waals surface area (Å²) in [6.07, 6.45) is 9.16. The lowest BCUT2D eigenvalue weighted by atomic mass is 9.98. The average molecular weight is 357 g/mol. The zero-order valence-corrected chi connectivity index (χ0v) is 15.7. The number of allylic oxidation sites excluding steroid dienone is 4. The second kappa shape index (κ2) is 7.28. The second-order valence-corrected chi connectivity index (χ2v) is 6.74. The highest BCUT2D eigenvalue weighted by molar-refractivity contribution is 5.97. The van der Waals surface area contributed by atoms with Crippen molar-refractivity contribution in [3.8, 4) is 16.9 Å². The Morgan fingerprint density at radius 2 is 1.93 bits per heavy atom. The van der Waals surface area contributed by atoms with Crippen molar-refractivity contribution in [3.05, 3.63) is 82.8 Å². The van der Waals surface area contributed by atoms with E-state index in [1.54, 1.807) is 7.11 Å². The molecule has 0 aliphatic heterocycles. The molecular formula is C24H23NO2. The highest BCUT2D eigenvalue weighted by Crippen LogP contribution is 2.30. The summed E-state index contributed by atoms with van der Waals surface area (Å²) in [7, 11) is 1.66. The number of benzene rings is 2. The van der Waals surface area contributed by atoms with Gasteiger partial charge in [-0.3, -0.25) is 9.36 Å². The van der Waals surface area contributed by atoms with Crippen LogP contribution in [0.2, 0.25) is 0 Å². The first-order chi connectivity index (χ1) is 13.2. The number of hydrogen-bond donors (Lipinski definition) is 0. The van der Waals surface area contributed by atoms with E-state index in [-0.39, 0.29) is 5.56 Å². The molecule has 0 N–H and O–H groups in total. The minimum Gasteiger partial charge on any atom is -0.497 e. The zero-order valence-electron chi connectivity index (χ0n) is 15.7. The normalized spacial score (nSPS) is 13.6. The van der Waals surface area contributed by atoms with Crippen molar-refractivity contribution in [2.75, 3.05) is 7.11 Å². The summed E-state index contributed by atoms with van der Waals surface area (Å²) in [5.41, 5.74) is 3.98. The molecule has 1 aliphatic carbocycles. The summed E-state index contributed by atoms with van der Waals surface area (Å²) in [4.78, 5) is 13.6. The number of hydrogen-bond acceptors (Lipinski definition) is 2. The molecule has 27 heavy (non-hydrogen) atoms. The van der Waals surface area contributed by atoms with Gasteiger partial charge in [0.05, 0.1) is 12.5 Å². The monoisotopic (exact) mass is 357 g/mol. The van der Waals surface area contributed by atoms with Gasteiger partial charge in [-0.25, -0.2) is 0 Å².